The number of carbonyl (C=O) groups is 1. The molecule has 2 heteroatoms. The van der Waals surface area contributed by atoms with Gasteiger partial charge in [0.15, 0.2) is 0 Å². The highest BCUT2D eigenvalue weighted by molar-refractivity contribution is 5.94. The van der Waals surface area contributed by atoms with Gasteiger partial charge < -0.3 is 4.90 Å². The van der Waals surface area contributed by atoms with Gasteiger partial charge in [0.2, 0.25) is 0 Å². The highest BCUT2D eigenvalue weighted by atomic mass is 16.2. The van der Waals surface area contributed by atoms with E-state index in [0.717, 1.165) is 37.9 Å². The quantitative estimate of drug-likeness (QED) is 0.545. The average molecular weight is 370 g/mol. The molecular weight excluding hydrogens is 342 g/mol. The minimum absolute atomic E-state index is 0.174. The van der Waals surface area contributed by atoms with Crippen LogP contribution in [0.25, 0.3) is 11.1 Å². The van der Waals surface area contributed by atoms with Crippen LogP contribution in [0.3, 0.4) is 0 Å². The highest BCUT2D eigenvalue weighted by Crippen LogP contribution is 2.24. The summed E-state index contributed by atoms with van der Waals surface area (Å²) in [5.41, 5.74) is 5.93. The predicted molar refractivity (Wildman–Crippen MR) is 116 cm³/mol. The molecule has 2 nitrogen and oxygen atoms in total. The van der Waals surface area contributed by atoms with Gasteiger partial charge in [-0.05, 0) is 59.6 Å². The van der Waals surface area contributed by atoms with E-state index >= 15 is 0 Å². The number of hydrogen-bond acceptors (Lipinski definition) is 1. The molecule has 0 aromatic heterocycles. The van der Waals surface area contributed by atoms with Crippen molar-refractivity contribution in [3.05, 3.63) is 95.6 Å². The molecule has 0 bridgehead atoms. The standard InChI is InChI=1S/C26H27NO/c1-20(19-21-9-11-24(12-10-21)23-7-3-2-4-8-23)22-13-15-25(16-14-22)26(28)27-17-5-6-18-27/h2-4,7-16,20H,5-6,17-19H2,1H3. The van der Waals surface area contributed by atoms with Crippen LogP contribution in [0.4, 0.5) is 0 Å². The van der Waals surface area contributed by atoms with Gasteiger partial charge in [0.05, 0.1) is 0 Å². The zero-order valence-corrected chi connectivity index (χ0v) is 16.5. The lowest BCUT2D eigenvalue weighted by Crippen LogP contribution is -2.27. The Balaban J connectivity index is 1.40. The first-order valence-electron chi connectivity index (χ1n) is 10.2. The van der Waals surface area contributed by atoms with Crippen LogP contribution in [0.15, 0.2) is 78.9 Å². The molecule has 1 atom stereocenters. The van der Waals surface area contributed by atoms with Crippen LogP contribution in [0, 0.1) is 0 Å². The average Bonchev–Trinajstić information content (AvgIpc) is 3.29. The topological polar surface area (TPSA) is 20.3 Å². The number of nitrogens with zero attached hydrogens (tertiary/aromatic N) is 1. The van der Waals surface area contributed by atoms with Crippen LogP contribution in [0.5, 0.6) is 0 Å². The maximum atomic E-state index is 12.5. The maximum absolute atomic E-state index is 12.5. The van der Waals surface area contributed by atoms with Crippen molar-refractivity contribution >= 4 is 5.91 Å². The summed E-state index contributed by atoms with van der Waals surface area (Å²) in [4.78, 5) is 14.5. The molecule has 1 aliphatic rings. The molecule has 1 unspecified atom stereocenters. The van der Waals surface area contributed by atoms with E-state index in [0.29, 0.717) is 5.92 Å². The van der Waals surface area contributed by atoms with Gasteiger partial charge in [0.1, 0.15) is 0 Å². The second-order valence-electron chi connectivity index (χ2n) is 7.79. The first kappa shape index (κ1) is 18.5. The van der Waals surface area contributed by atoms with Gasteiger partial charge in [-0.15, -0.1) is 0 Å². The first-order valence-corrected chi connectivity index (χ1v) is 10.2. The first-order chi connectivity index (χ1) is 13.7. The van der Waals surface area contributed by atoms with Crippen LogP contribution in [0.1, 0.15) is 47.2 Å². The van der Waals surface area contributed by atoms with Crippen molar-refractivity contribution in [3.8, 4) is 11.1 Å². The number of carbonyl (C=O) groups excluding carboxylic acids is 1. The van der Waals surface area contributed by atoms with Gasteiger partial charge in [-0.25, -0.2) is 0 Å². The van der Waals surface area contributed by atoms with Crippen molar-refractivity contribution in [3.63, 3.8) is 0 Å². The molecule has 0 radical (unpaired) electrons. The van der Waals surface area contributed by atoms with Crippen molar-refractivity contribution in [1.29, 1.82) is 0 Å². The Hall–Kier alpha value is -2.87. The molecule has 1 saturated heterocycles. The fourth-order valence-electron chi connectivity index (χ4n) is 3.99. The van der Waals surface area contributed by atoms with Gasteiger partial charge in [-0.2, -0.15) is 0 Å². The zero-order chi connectivity index (χ0) is 19.3. The van der Waals surface area contributed by atoms with E-state index in [1.54, 1.807) is 0 Å². The summed E-state index contributed by atoms with van der Waals surface area (Å²) in [5, 5.41) is 0. The lowest BCUT2D eigenvalue weighted by atomic mass is 9.92. The molecule has 1 aliphatic heterocycles. The Morgan fingerprint density at radius 2 is 1.43 bits per heavy atom. The number of likely N-dealkylation sites (tertiary alicyclic amines) is 1. The van der Waals surface area contributed by atoms with Crippen molar-refractivity contribution in [2.75, 3.05) is 13.1 Å². The Morgan fingerprint density at radius 1 is 0.821 bits per heavy atom. The summed E-state index contributed by atoms with van der Waals surface area (Å²) in [6.07, 6.45) is 3.25. The molecule has 142 valence electrons. The Labute approximate surface area is 167 Å². The van der Waals surface area contributed by atoms with Crippen molar-refractivity contribution < 1.29 is 4.79 Å². The van der Waals surface area contributed by atoms with E-state index in [2.05, 4.69) is 67.6 Å². The summed E-state index contributed by atoms with van der Waals surface area (Å²) in [6, 6.07) is 27.6. The van der Waals surface area contributed by atoms with Crippen LogP contribution >= 0.6 is 0 Å². The third-order valence-electron chi connectivity index (χ3n) is 5.72. The van der Waals surface area contributed by atoms with Crippen LogP contribution in [-0.2, 0) is 6.42 Å². The Kier molecular flexibility index (Phi) is 5.57. The molecule has 0 spiro atoms. The van der Waals surface area contributed by atoms with Gasteiger partial charge >= 0.3 is 0 Å². The molecule has 28 heavy (non-hydrogen) atoms. The van der Waals surface area contributed by atoms with Gasteiger partial charge in [-0.1, -0.05) is 73.7 Å². The molecule has 0 aliphatic carbocycles. The van der Waals surface area contributed by atoms with E-state index in [1.807, 2.05) is 23.1 Å². The molecule has 0 N–H and O–H groups in total. The summed E-state index contributed by atoms with van der Waals surface area (Å²) in [6.45, 7) is 4.05. The molecular formula is C26H27NO. The summed E-state index contributed by atoms with van der Waals surface area (Å²) in [5.74, 6) is 0.590. The normalized spacial score (nSPS) is 14.8. The second kappa shape index (κ2) is 8.43. The molecule has 3 aromatic carbocycles. The van der Waals surface area contributed by atoms with Gasteiger partial charge in [0, 0.05) is 18.7 Å². The minimum Gasteiger partial charge on any atom is -0.339 e. The van der Waals surface area contributed by atoms with Crippen LogP contribution in [0.2, 0.25) is 0 Å². The number of hydrogen-bond donors (Lipinski definition) is 0. The smallest absolute Gasteiger partial charge is 0.253 e. The Bertz CT molecular complexity index is 907. The van der Waals surface area contributed by atoms with E-state index in [1.165, 1.54) is 22.3 Å². The summed E-state index contributed by atoms with van der Waals surface area (Å²) in [7, 11) is 0. The minimum atomic E-state index is 0.174. The van der Waals surface area contributed by atoms with E-state index < -0.39 is 0 Å². The lowest BCUT2D eigenvalue weighted by Gasteiger charge is -2.17. The molecule has 0 saturated carbocycles. The van der Waals surface area contributed by atoms with Crippen LogP contribution in [-0.4, -0.2) is 23.9 Å². The SMILES string of the molecule is CC(Cc1ccc(-c2ccccc2)cc1)c1ccc(C(=O)N2CCCC2)cc1. The van der Waals surface area contributed by atoms with Crippen molar-refractivity contribution in [1.82, 2.24) is 4.90 Å². The maximum Gasteiger partial charge on any atom is 0.253 e. The van der Waals surface area contributed by atoms with Gasteiger partial charge in [0.25, 0.3) is 5.91 Å². The second-order valence-corrected chi connectivity index (χ2v) is 7.79. The fraction of sp³-hybridized carbons (Fsp3) is 0.269. The van der Waals surface area contributed by atoms with E-state index in [-0.39, 0.29) is 5.91 Å². The van der Waals surface area contributed by atoms with Gasteiger partial charge in [-0.3, -0.25) is 4.79 Å². The molecule has 1 heterocycles. The largest absolute Gasteiger partial charge is 0.339 e. The predicted octanol–water partition coefficient (Wildman–Crippen LogP) is 5.94. The molecule has 1 amide bonds. The molecule has 1 fully saturated rings. The number of amides is 1. The lowest BCUT2D eigenvalue weighted by molar-refractivity contribution is 0.0793. The zero-order valence-electron chi connectivity index (χ0n) is 16.5. The summed E-state index contributed by atoms with van der Waals surface area (Å²) >= 11 is 0. The van der Waals surface area contributed by atoms with Crippen molar-refractivity contribution in [2.24, 2.45) is 0 Å². The van der Waals surface area contributed by atoms with E-state index in [9.17, 15) is 4.79 Å². The monoisotopic (exact) mass is 369 g/mol. The van der Waals surface area contributed by atoms with Crippen molar-refractivity contribution in [2.45, 2.75) is 32.1 Å². The molecule has 3 aromatic rings. The number of benzene rings is 3. The van der Waals surface area contributed by atoms with Crippen LogP contribution < -0.4 is 0 Å². The fourth-order valence-corrected chi connectivity index (χ4v) is 3.99. The van der Waals surface area contributed by atoms with E-state index in [4.69, 9.17) is 0 Å². The Morgan fingerprint density at radius 3 is 2.07 bits per heavy atom. The number of rotatable bonds is 5. The third kappa shape index (κ3) is 4.17. The summed E-state index contributed by atoms with van der Waals surface area (Å²) < 4.78 is 0. The highest BCUT2D eigenvalue weighted by Gasteiger charge is 2.19. The molecule has 4 rings (SSSR count). The third-order valence-corrected chi connectivity index (χ3v) is 5.72.